The van der Waals surface area contributed by atoms with Gasteiger partial charge in [0.1, 0.15) is 11.6 Å². The molecule has 0 bridgehead atoms. The van der Waals surface area contributed by atoms with Crippen molar-refractivity contribution in [2.75, 3.05) is 6.54 Å². The lowest BCUT2D eigenvalue weighted by Crippen LogP contribution is -2.23. The van der Waals surface area contributed by atoms with Crippen LogP contribution in [0.4, 0.5) is 8.78 Å². The molecule has 0 aliphatic rings. The van der Waals surface area contributed by atoms with E-state index in [2.05, 4.69) is 31.3 Å². The second kappa shape index (κ2) is 6.95. The monoisotopic (exact) mass is 295 g/mol. The minimum atomic E-state index is -0.531. The zero-order valence-electron chi connectivity index (χ0n) is 11.7. The fourth-order valence-corrected chi connectivity index (χ4v) is 3.09. The summed E-state index contributed by atoms with van der Waals surface area (Å²) in [5.74, 6) is -1.00. The van der Waals surface area contributed by atoms with Gasteiger partial charge in [0.15, 0.2) is 0 Å². The Morgan fingerprint density at radius 3 is 2.60 bits per heavy atom. The van der Waals surface area contributed by atoms with Crippen molar-refractivity contribution >= 4 is 11.3 Å². The SMILES string of the molecule is CCCNC(Cc1ccc(F)cc1F)c1ccc(C)s1. The van der Waals surface area contributed by atoms with Crippen LogP contribution in [0.3, 0.4) is 0 Å². The molecule has 0 aliphatic carbocycles. The van der Waals surface area contributed by atoms with E-state index in [0.29, 0.717) is 12.0 Å². The highest BCUT2D eigenvalue weighted by Crippen LogP contribution is 2.26. The van der Waals surface area contributed by atoms with E-state index in [0.717, 1.165) is 19.0 Å². The van der Waals surface area contributed by atoms with Gasteiger partial charge in [0.05, 0.1) is 0 Å². The largest absolute Gasteiger partial charge is 0.309 e. The van der Waals surface area contributed by atoms with E-state index in [1.54, 1.807) is 11.3 Å². The Morgan fingerprint density at radius 1 is 1.20 bits per heavy atom. The molecule has 1 heterocycles. The lowest BCUT2D eigenvalue weighted by atomic mass is 10.0. The minimum absolute atomic E-state index is 0.0774. The third kappa shape index (κ3) is 3.87. The van der Waals surface area contributed by atoms with Crippen LogP contribution < -0.4 is 5.32 Å². The molecule has 4 heteroatoms. The maximum atomic E-state index is 13.8. The van der Waals surface area contributed by atoms with Crippen LogP contribution >= 0.6 is 11.3 Å². The summed E-state index contributed by atoms with van der Waals surface area (Å²) >= 11 is 1.72. The van der Waals surface area contributed by atoms with Crippen LogP contribution in [0.25, 0.3) is 0 Å². The summed E-state index contributed by atoms with van der Waals surface area (Å²) in [6.07, 6.45) is 1.55. The Hall–Kier alpha value is -1.26. The number of thiophene rings is 1. The Balaban J connectivity index is 2.18. The highest BCUT2D eigenvalue weighted by molar-refractivity contribution is 7.12. The Bertz CT molecular complexity index is 565. The third-order valence-electron chi connectivity index (χ3n) is 3.18. The molecule has 0 aliphatic heterocycles. The molecule has 0 radical (unpaired) electrons. The number of nitrogens with one attached hydrogen (secondary N) is 1. The number of halogens is 2. The first-order chi connectivity index (χ1) is 9.60. The first kappa shape index (κ1) is 15.1. The first-order valence-corrected chi connectivity index (χ1v) is 7.65. The summed E-state index contributed by atoms with van der Waals surface area (Å²) < 4.78 is 26.7. The molecule has 0 amide bonds. The Kier molecular flexibility index (Phi) is 5.26. The highest BCUT2D eigenvalue weighted by Gasteiger charge is 2.16. The molecule has 1 nitrogen and oxygen atoms in total. The molecule has 20 heavy (non-hydrogen) atoms. The van der Waals surface area contributed by atoms with E-state index in [-0.39, 0.29) is 6.04 Å². The Morgan fingerprint density at radius 2 is 2.00 bits per heavy atom. The lowest BCUT2D eigenvalue weighted by Gasteiger charge is -2.17. The van der Waals surface area contributed by atoms with Gasteiger partial charge in [0, 0.05) is 21.9 Å². The van der Waals surface area contributed by atoms with Crippen molar-refractivity contribution in [3.8, 4) is 0 Å². The van der Waals surface area contributed by atoms with E-state index in [1.165, 1.54) is 21.9 Å². The number of rotatable bonds is 6. The van der Waals surface area contributed by atoms with Crippen LogP contribution in [0.2, 0.25) is 0 Å². The van der Waals surface area contributed by atoms with Crippen molar-refractivity contribution in [1.29, 1.82) is 0 Å². The van der Waals surface area contributed by atoms with Crippen LogP contribution in [0.15, 0.2) is 30.3 Å². The molecule has 1 atom stereocenters. The van der Waals surface area contributed by atoms with Gasteiger partial charge >= 0.3 is 0 Å². The van der Waals surface area contributed by atoms with Gasteiger partial charge in [-0.25, -0.2) is 8.78 Å². The van der Waals surface area contributed by atoms with Crippen molar-refractivity contribution in [1.82, 2.24) is 5.32 Å². The number of hydrogen-bond acceptors (Lipinski definition) is 2. The summed E-state index contributed by atoms with van der Waals surface area (Å²) in [7, 11) is 0. The molecule has 1 unspecified atom stereocenters. The van der Waals surface area contributed by atoms with Crippen LogP contribution in [0.1, 0.15) is 34.7 Å². The molecule has 2 aromatic rings. The average Bonchev–Trinajstić information content (AvgIpc) is 2.83. The van der Waals surface area contributed by atoms with E-state index in [1.807, 2.05) is 0 Å². The molecular weight excluding hydrogens is 276 g/mol. The second-order valence-electron chi connectivity index (χ2n) is 4.89. The van der Waals surface area contributed by atoms with Gasteiger partial charge in [0.2, 0.25) is 0 Å². The van der Waals surface area contributed by atoms with E-state index >= 15 is 0 Å². The molecule has 0 spiro atoms. The molecule has 1 N–H and O–H groups in total. The topological polar surface area (TPSA) is 12.0 Å². The van der Waals surface area contributed by atoms with Crippen LogP contribution in [0, 0.1) is 18.6 Å². The smallest absolute Gasteiger partial charge is 0.129 e. The van der Waals surface area contributed by atoms with Crippen LogP contribution in [-0.2, 0) is 6.42 Å². The summed E-state index contributed by atoms with van der Waals surface area (Å²) in [4.78, 5) is 2.43. The van der Waals surface area contributed by atoms with Crippen molar-refractivity contribution in [2.24, 2.45) is 0 Å². The fraction of sp³-hybridized carbons (Fsp3) is 0.375. The molecule has 1 aromatic carbocycles. The molecule has 0 saturated carbocycles. The third-order valence-corrected chi connectivity index (χ3v) is 4.30. The quantitative estimate of drug-likeness (QED) is 0.820. The summed E-state index contributed by atoms with van der Waals surface area (Å²) in [5, 5.41) is 3.44. The lowest BCUT2D eigenvalue weighted by molar-refractivity contribution is 0.514. The summed E-state index contributed by atoms with van der Waals surface area (Å²) in [6, 6.07) is 8.02. The zero-order valence-corrected chi connectivity index (χ0v) is 12.6. The van der Waals surface area contributed by atoms with Crippen LogP contribution in [0.5, 0.6) is 0 Å². The van der Waals surface area contributed by atoms with Gasteiger partial charge in [-0.3, -0.25) is 0 Å². The number of hydrogen-bond donors (Lipinski definition) is 1. The average molecular weight is 295 g/mol. The molecule has 108 valence electrons. The normalized spacial score (nSPS) is 12.6. The van der Waals surface area contributed by atoms with Gasteiger partial charge in [0.25, 0.3) is 0 Å². The number of benzene rings is 1. The molecular formula is C16H19F2NS. The standard InChI is InChI=1S/C16H19F2NS/c1-3-8-19-15(16-7-4-11(2)20-16)9-12-5-6-13(17)10-14(12)18/h4-7,10,15,19H,3,8-9H2,1-2H3. The molecule has 0 saturated heterocycles. The van der Waals surface area contributed by atoms with E-state index < -0.39 is 11.6 Å². The van der Waals surface area contributed by atoms with Crippen molar-refractivity contribution in [3.05, 3.63) is 57.3 Å². The predicted molar refractivity (Wildman–Crippen MR) is 80.2 cm³/mol. The predicted octanol–water partition coefficient (Wildman–Crippen LogP) is 4.62. The van der Waals surface area contributed by atoms with Crippen molar-refractivity contribution < 1.29 is 8.78 Å². The number of aryl methyl sites for hydroxylation is 1. The Labute approximate surface area is 122 Å². The van der Waals surface area contributed by atoms with E-state index in [9.17, 15) is 8.78 Å². The maximum Gasteiger partial charge on any atom is 0.129 e. The van der Waals surface area contributed by atoms with Gasteiger partial charge in [-0.1, -0.05) is 13.0 Å². The summed E-state index contributed by atoms with van der Waals surface area (Å²) in [6.45, 7) is 5.04. The van der Waals surface area contributed by atoms with Crippen molar-refractivity contribution in [3.63, 3.8) is 0 Å². The first-order valence-electron chi connectivity index (χ1n) is 6.83. The highest BCUT2D eigenvalue weighted by atomic mass is 32.1. The molecule has 0 fully saturated rings. The van der Waals surface area contributed by atoms with E-state index in [4.69, 9.17) is 0 Å². The van der Waals surface area contributed by atoms with Crippen LogP contribution in [-0.4, -0.2) is 6.54 Å². The van der Waals surface area contributed by atoms with Gasteiger partial charge in [-0.05, 0) is 50.1 Å². The molecule has 2 rings (SSSR count). The fourth-order valence-electron chi connectivity index (χ4n) is 2.14. The molecule has 1 aromatic heterocycles. The maximum absolute atomic E-state index is 13.8. The van der Waals surface area contributed by atoms with Crippen molar-refractivity contribution in [2.45, 2.75) is 32.7 Å². The zero-order chi connectivity index (χ0) is 14.5. The van der Waals surface area contributed by atoms with Gasteiger partial charge in [-0.2, -0.15) is 0 Å². The van der Waals surface area contributed by atoms with Gasteiger partial charge in [-0.15, -0.1) is 11.3 Å². The summed E-state index contributed by atoms with van der Waals surface area (Å²) in [5.41, 5.74) is 0.547. The second-order valence-corrected chi connectivity index (χ2v) is 6.21. The minimum Gasteiger partial charge on any atom is -0.309 e. The van der Waals surface area contributed by atoms with Gasteiger partial charge < -0.3 is 5.32 Å².